The molecule has 0 fully saturated rings. The molecule has 0 aromatic heterocycles. The Morgan fingerprint density at radius 3 is 1.25 bits per heavy atom. The predicted octanol–water partition coefficient (Wildman–Crippen LogP) is 15.9. The van der Waals surface area contributed by atoms with E-state index in [0.29, 0.717) is 0 Å². The van der Waals surface area contributed by atoms with Crippen LogP contribution in [0.25, 0.3) is 87.2 Å². The van der Waals surface area contributed by atoms with Crippen molar-refractivity contribution < 1.29 is 0 Å². The molecule has 57 heavy (non-hydrogen) atoms. The topological polar surface area (TPSA) is 3.24 Å². The van der Waals surface area contributed by atoms with Gasteiger partial charge in [0, 0.05) is 16.8 Å². The molecule has 0 atom stereocenters. The quantitative estimate of drug-likeness (QED) is 0.154. The Morgan fingerprint density at radius 2 is 0.649 bits per heavy atom. The minimum atomic E-state index is 1.11. The maximum atomic E-state index is 2.39. The van der Waals surface area contributed by atoms with E-state index in [0.717, 1.165) is 17.1 Å². The first-order valence-electron chi connectivity index (χ1n) is 19.7. The van der Waals surface area contributed by atoms with Gasteiger partial charge in [0.15, 0.2) is 0 Å². The average Bonchev–Trinajstić information content (AvgIpc) is 3.29. The lowest BCUT2D eigenvalue weighted by Crippen LogP contribution is -2.10. The molecule has 0 saturated heterocycles. The second kappa shape index (κ2) is 13.7. The predicted molar refractivity (Wildman–Crippen MR) is 245 cm³/mol. The van der Waals surface area contributed by atoms with Crippen molar-refractivity contribution >= 4 is 70.9 Å². The summed E-state index contributed by atoms with van der Waals surface area (Å²) in [6.07, 6.45) is 0. The summed E-state index contributed by atoms with van der Waals surface area (Å²) in [4.78, 5) is 2.39. The second-order valence-electron chi connectivity index (χ2n) is 14.9. The van der Waals surface area contributed by atoms with Crippen LogP contribution in [0.15, 0.2) is 224 Å². The van der Waals surface area contributed by atoms with Crippen LogP contribution in [0.4, 0.5) is 17.1 Å². The molecule has 0 spiro atoms. The molecule has 11 aromatic carbocycles. The van der Waals surface area contributed by atoms with Crippen LogP contribution in [0.1, 0.15) is 0 Å². The van der Waals surface area contributed by atoms with E-state index in [2.05, 4.69) is 229 Å². The summed E-state index contributed by atoms with van der Waals surface area (Å²) in [5.41, 5.74) is 10.7. The number of rotatable bonds is 6. The van der Waals surface area contributed by atoms with Crippen LogP contribution in [0.2, 0.25) is 0 Å². The Kier molecular flexibility index (Phi) is 7.89. The zero-order chi connectivity index (χ0) is 37.7. The number of nitrogens with zero attached hydrogens (tertiary/aromatic N) is 1. The highest BCUT2D eigenvalue weighted by molar-refractivity contribution is 6.15. The van der Waals surface area contributed by atoms with Crippen molar-refractivity contribution in [3.63, 3.8) is 0 Å². The molecule has 1 heteroatoms. The SMILES string of the molecule is c1cc(-c2ccc(N(c3ccc(-c4cc5ccccc5c5ccccc45)cc3)c3cccc4ccccc34)cc2)cc(-c2cc3ccccc3c3ccccc23)c1. The molecule has 11 rings (SSSR count). The summed E-state index contributed by atoms with van der Waals surface area (Å²) in [6.45, 7) is 0. The number of hydrogen-bond donors (Lipinski definition) is 0. The van der Waals surface area contributed by atoms with Gasteiger partial charge in [-0.05, 0) is 130 Å². The molecule has 0 amide bonds. The van der Waals surface area contributed by atoms with Crippen LogP contribution >= 0.6 is 0 Å². The molecule has 266 valence electrons. The van der Waals surface area contributed by atoms with Crippen molar-refractivity contribution in [3.8, 4) is 33.4 Å². The van der Waals surface area contributed by atoms with Crippen molar-refractivity contribution in [1.82, 2.24) is 0 Å². The smallest absolute Gasteiger partial charge is 0.0540 e. The third-order valence-corrected chi connectivity index (χ3v) is 11.6. The van der Waals surface area contributed by atoms with Crippen molar-refractivity contribution in [2.75, 3.05) is 4.90 Å². The Balaban J connectivity index is 1.00. The Bertz CT molecular complexity index is 3280. The zero-order valence-electron chi connectivity index (χ0n) is 31.3. The number of fused-ring (bicyclic) bond motifs is 7. The summed E-state index contributed by atoms with van der Waals surface area (Å²) in [6, 6.07) is 82.0. The van der Waals surface area contributed by atoms with Crippen LogP contribution < -0.4 is 4.90 Å². The van der Waals surface area contributed by atoms with Gasteiger partial charge in [0.2, 0.25) is 0 Å². The first kappa shape index (κ1) is 32.9. The average molecular weight is 724 g/mol. The normalized spacial score (nSPS) is 11.5. The van der Waals surface area contributed by atoms with E-state index in [1.54, 1.807) is 0 Å². The largest absolute Gasteiger partial charge is 0.310 e. The Hall–Kier alpha value is -7.48. The van der Waals surface area contributed by atoms with Crippen LogP contribution in [0, 0.1) is 0 Å². The van der Waals surface area contributed by atoms with Gasteiger partial charge in [-0.2, -0.15) is 0 Å². The van der Waals surface area contributed by atoms with Crippen molar-refractivity contribution in [2.24, 2.45) is 0 Å². The number of benzene rings is 11. The fourth-order valence-corrected chi connectivity index (χ4v) is 8.88. The highest BCUT2D eigenvalue weighted by atomic mass is 15.1. The van der Waals surface area contributed by atoms with Crippen molar-refractivity contribution in [2.45, 2.75) is 0 Å². The van der Waals surface area contributed by atoms with Gasteiger partial charge in [-0.25, -0.2) is 0 Å². The number of anilines is 3. The second-order valence-corrected chi connectivity index (χ2v) is 14.9. The zero-order valence-corrected chi connectivity index (χ0v) is 31.3. The third kappa shape index (κ3) is 5.72. The van der Waals surface area contributed by atoms with Crippen LogP contribution in [-0.4, -0.2) is 0 Å². The fraction of sp³-hybridized carbons (Fsp3) is 0. The van der Waals surface area contributed by atoms with E-state index in [1.165, 1.54) is 87.2 Å². The molecule has 0 aliphatic carbocycles. The van der Waals surface area contributed by atoms with Gasteiger partial charge in [-0.3, -0.25) is 0 Å². The molecule has 1 nitrogen and oxygen atoms in total. The standard InChI is InChI=1S/C56H37N/c1-6-21-49-39(13-1)16-12-26-56(49)57(46-33-29-40(30-34-46)54-36-43-14-2-4-19-47(43)50-22-7-9-24-52(50)54)45-31-27-38(28-32-45)41-17-11-18-42(35-41)55-37-44-15-3-5-20-48(44)51-23-8-10-25-53(51)55/h1-37H. The molecule has 11 aromatic rings. The van der Waals surface area contributed by atoms with Gasteiger partial charge < -0.3 is 4.90 Å². The van der Waals surface area contributed by atoms with E-state index >= 15 is 0 Å². The Morgan fingerprint density at radius 1 is 0.228 bits per heavy atom. The van der Waals surface area contributed by atoms with E-state index in [4.69, 9.17) is 0 Å². The van der Waals surface area contributed by atoms with Gasteiger partial charge >= 0.3 is 0 Å². The van der Waals surface area contributed by atoms with Gasteiger partial charge in [0.25, 0.3) is 0 Å². The summed E-state index contributed by atoms with van der Waals surface area (Å²) in [5.74, 6) is 0. The molecular formula is C56H37N. The lowest BCUT2D eigenvalue weighted by Gasteiger charge is -2.27. The first-order valence-corrected chi connectivity index (χ1v) is 19.7. The highest BCUT2D eigenvalue weighted by Gasteiger charge is 2.17. The lowest BCUT2D eigenvalue weighted by molar-refractivity contribution is 1.30. The van der Waals surface area contributed by atoms with Crippen molar-refractivity contribution in [3.05, 3.63) is 224 Å². The van der Waals surface area contributed by atoms with Crippen LogP contribution in [0.3, 0.4) is 0 Å². The van der Waals surface area contributed by atoms with Gasteiger partial charge in [0.05, 0.1) is 5.69 Å². The summed E-state index contributed by atoms with van der Waals surface area (Å²) < 4.78 is 0. The van der Waals surface area contributed by atoms with Crippen molar-refractivity contribution in [1.29, 1.82) is 0 Å². The van der Waals surface area contributed by atoms with E-state index in [1.807, 2.05) is 0 Å². The molecule has 0 radical (unpaired) electrons. The molecule has 0 bridgehead atoms. The molecule has 0 unspecified atom stereocenters. The summed E-state index contributed by atoms with van der Waals surface area (Å²) in [5, 5.41) is 12.6. The van der Waals surface area contributed by atoms with Gasteiger partial charge in [0.1, 0.15) is 0 Å². The molecule has 0 aliphatic rings. The van der Waals surface area contributed by atoms with E-state index in [-0.39, 0.29) is 0 Å². The van der Waals surface area contributed by atoms with Crippen LogP contribution in [-0.2, 0) is 0 Å². The summed E-state index contributed by atoms with van der Waals surface area (Å²) >= 11 is 0. The summed E-state index contributed by atoms with van der Waals surface area (Å²) in [7, 11) is 0. The Labute approximate surface area is 332 Å². The van der Waals surface area contributed by atoms with E-state index < -0.39 is 0 Å². The minimum absolute atomic E-state index is 1.11. The first-order chi connectivity index (χ1) is 28.3. The molecule has 0 aliphatic heterocycles. The maximum absolute atomic E-state index is 2.39. The van der Waals surface area contributed by atoms with E-state index in [9.17, 15) is 0 Å². The molecule has 0 heterocycles. The van der Waals surface area contributed by atoms with Gasteiger partial charge in [-0.1, -0.05) is 176 Å². The highest BCUT2D eigenvalue weighted by Crippen LogP contribution is 2.42. The van der Waals surface area contributed by atoms with Gasteiger partial charge in [-0.15, -0.1) is 0 Å². The molecule has 0 saturated carbocycles. The fourth-order valence-electron chi connectivity index (χ4n) is 8.88. The maximum Gasteiger partial charge on any atom is 0.0540 e. The monoisotopic (exact) mass is 723 g/mol. The van der Waals surface area contributed by atoms with Crippen LogP contribution in [0.5, 0.6) is 0 Å². The molecular weight excluding hydrogens is 687 g/mol. The number of hydrogen-bond acceptors (Lipinski definition) is 1. The third-order valence-electron chi connectivity index (χ3n) is 11.6. The lowest BCUT2D eigenvalue weighted by atomic mass is 9.92. The molecule has 0 N–H and O–H groups in total. The minimum Gasteiger partial charge on any atom is -0.310 e.